The second-order valence-electron chi connectivity index (χ2n) is 21.7. The molecule has 1 N–H and O–H groups in total. The standard InChI is InChI=1S/C72H76N2O4/c1-11-16-17-18-39-78-69-38-31-57(45-64(69)70(76)77-15-5)72(56-26-21-48(8)63(44-56)50(10)75)66-41-47(7)20-35-60(66)62-37-25-53(43-68(62)72)52-24-36-61-59-34-19-46(6)40-65(59)71(67(61)42-52,54-27-22-51(23-28-54)49(9)73-12-2)55-29-32-58(33-30-55)74(13-3)14-4/h19-38,40-45,49,73H,11-18,39H2,1-10H3. The number of hydrogen-bond donors (Lipinski definition) is 1. The molecule has 0 amide bonds. The average molecular weight is 1030 g/mol. The van der Waals surface area contributed by atoms with Gasteiger partial charge in [0.25, 0.3) is 0 Å². The molecule has 3 atom stereocenters. The summed E-state index contributed by atoms with van der Waals surface area (Å²) in [6, 6.07) is 59.1. The van der Waals surface area contributed by atoms with Gasteiger partial charge in [-0.1, -0.05) is 159 Å². The van der Waals surface area contributed by atoms with Crippen LogP contribution in [-0.4, -0.2) is 44.6 Å². The molecule has 10 rings (SSSR count). The Hall–Kier alpha value is -7.54. The highest BCUT2D eigenvalue weighted by molar-refractivity contribution is 5.98. The van der Waals surface area contributed by atoms with Crippen LogP contribution in [0.5, 0.6) is 5.75 Å². The zero-order valence-electron chi connectivity index (χ0n) is 47.5. The maximum atomic E-state index is 14.2. The van der Waals surface area contributed by atoms with Gasteiger partial charge in [-0.3, -0.25) is 4.79 Å². The minimum atomic E-state index is -0.960. The molecule has 6 heteroatoms. The average Bonchev–Trinajstić information content (AvgIpc) is 3.34. The van der Waals surface area contributed by atoms with Crippen LogP contribution < -0.4 is 15.0 Å². The minimum Gasteiger partial charge on any atom is -0.493 e. The highest BCUT2D eigenvalue weighted by atomic mass is 16.5. The number of esters is 1. The smallest absolute Gasteiger partial charge is 0.341 e. The van der Waals surface area contributed by atoms with Crippen LogP contribution in [0.15, 0.2) is 158 Å². The number of ether oxygens (including phenoxy) is 2. The number of ketones is 1. The first-order valence-electron chi connectivity index (χ1n) is 28.6. The van der Waals surface area contributed by atoms with Gasteiger partial charge in [-0.05, 0) is 200 Å². The van der Waals surface area contributed by atoms with Crippen molar-refractivity contribution in [2.45, 2.75) is 112 Å². The molecule has 0 aliphatic heterocycles. The predicted octanol–water partition coefficient (Wildman–Crippen LogP) is 16.9. The SMILES string of the molecule is CCCCCCOc1ccc(C2(c3ccc(C)c(C(C)=O)c3)c3cc(C)ccc3-c3ccc(-c4ccc5c(c4)C(c4ccc(C(C)NCC)cc4)(c4ccc(N(CC)CC)cc4)c4cc(C)ccc4-5)cc32)cc1C(=O)OCC. The Balaban J connectivity index is 1.23. The van der Waals surface area contributed by atoms with E-state index >= 15 is 0 Å². The minimum absolute atomic E-state index is 0.00209. The van der Waals surface area contributed by atoms with Gasteiger partial charge in [-0.2, -0.15) is 0 Å². The number of anilines is 1. The van der Waals surface area contributed by atoms with Gasteiger partial charge in [0.15, 0.2) is 5.78 Å². The van der Waals surface area contributed by atoms with E-state index in [4.69, 9.17) is 9.47 Å². The number of rotatable bonds is 20. The fourth-order valence-corrected chi connectivity index (χ4v) is 13.0. The van der Waals surface area contributed by atoms with E-state index in [1.165, 1.54) is 50.2 Å². The molecule has 6 nitrogen and oxygen atoms in total. The van der Waals surface area contributed by atoms with E-state index < -0.39 is 16.8 Å². The molecule has 0 aromatic heterocycles. The lowest BCUT2D eigenvalue weighted by Gasteiger charge is -2.35. The Morgan fingerprint density at radius 3 is 1.56 bits per heavy atom. The zero-order valence-corrected chi connectivity index (χ0v) is 47.5. The summed E-state index contributed by atoms with van der Waals surface area (Å²) >= 11 is 0. The lowest BCUT2D eigenvalue weighted by Crippen LogP contribution is -2.30. The summed E-state index contributed by atoms with van der Waals surface area (Å²) in [4.78, 5) is 30.2. The summed E-state index contributed by atoms with van der Waals surface area (Å²) in [6.45, 7) is 24.4. The van der Waals surface area contributed by atoms with Crippen LogP contribution in [-0.2, 0) is 15.6 Å². The maximum Gasteiger partial charge on any atom is 0.341 e. The fourth-order valence-electron chi connectivity index (χ4n) is 13.0. The number of unbranched alkanes of at least 4 members (excludes halogenated alkanes) is 3. The van der Waals surface area contributed by atoms with Crippen molar-refractivity contribution < 1.29 is 19.1 Å². The normalized spacial score (nSPS) is 16.2. The molecule has 0 saturated heterocycles. The molecular weight excluding hydrogens is 957 g/mol. The van der Waals surface area contributed by atoms with Gasteiger partial charge in [-0.25, -0.2) is 4.79 Å². The van der Waals surface area contributed by atoms with E-state index in [2.05, 4.69) is 204 Å². The fraction of sp³-hybridized carbons (Fsp3) is 0.306. The van der Waals surface area contributed by atoms with E-state index in [-0.39, 0.29) is 18.4 Å². The molecule has 0 fully saturated rings. The van der Waals surface area contributed by atoms with E-state index in [0.29, 0.717) is 23.5 Å². The highest BCUT2D eigenvalue weighted by Gasteiger charge is 2.49. The van der Waals surface area contributed by atoms with Gasteiger partial charge >= 0.3 is 5.97 Å². The lowest BCUT2D eigenvalue weighted by atomic mass is 9.66. The third-order valence-corrected chi connectivity index (χ3v) is 16.9. The quantitative estimate of drug-likeness (QED) is 0.0466. The number of benzene rings is 8. The summed E-state index contributed by atoms with van der Waals surface area (Å²) in [5, 5.41) is 3.63. The number of nitrogens with zero attached hydrogens (tertiary/aromatic N) is 1. The molecule has 78 heavy (non-hydrogen) atoms. The van der Waals surface area contributed by atoms with Crippen LogP contribution in [0.3, 0.4) is 0 Å². The summed E-state index contributed by atoms with van der Waals surface area (Å²) in [5.74, 6) is 0.0864. The molecule has 0 radical (unpaired) electrons. The Morgan fingerprint density at radius 1 is 0.538 bits per heavy atom. The molecule has 0 spiro atoms. The first-order valence-corrected chi connectivity index (χ1v) is 28.6. The number of aryl methyl sites for hydroxylation is 3. The van der Waals surface area contributed by atoms with Gasteiger partial charge in [-0.15, -0.1) is 0 Å². The molecule has 0 bridgehead atoms. The molecule has 8 aromatic rings. The number of Topliss-reactive ketones (excluding diaryl/α,β-unsaturated/α-hetero) is 1. The number of carbonyl (C=O) groups excluding carboxylic acids is 2. The van der Waals surface area contributed by atoms with Gasteiger partial charge in [0.2, 0.25) is 0 Å². The number of hydrogen-bond acceptors (Lipinski definition) is 6. The molecule has 3 unspecified atom stereocenters. The summed E-state index contributed by atoms with van der Waals surface area (Å²) < 4.78 is 12.3. The Labute approximate surface area is 463 Å². The van der Waals surface area contributed by atoms with Crippen molar-refractivity contribution in [3.8, 4) is 39.1 Å². The van der Waals surface area contributed by atoms with Crippen LogP contribution in [0, 0.1) is 20.8 Å². The summed E-state index contributed by atoms with van der Waals surface area (Å²) in [5.41, 5.74) is 21.0. The molecule has 8 aromatic carbocycles. The van der Waals surface area contributed by atoms with Gasteiger partial charge in [0.1, 0.15) is 11.3 Å². The second-order valence-corrected chi connectivity index (χ2v) is 21.7. The molecule has 2 aliphatic carbocycles. The molecule has 0 heterocycles. The summed E-state index contributed by atoms with van der Waals surface area (Å²) in [7, 11) is 0. The lowest BCUT2D eigenvalue weighted by molar-refractivity contribution is 0.0521. The monoisotopic (exact) mass is 1030 g/mol. The third kappa shape index (κ3) is 9.26. The van der Waals surface area contributed by atoms with Crippen LogP contribution in [0.25, 0.3) is 33.4 Å². The summed E-state index contributed by atoms with van der Waals surface area (Å²) in [6.07, 6.45) is 4.20. The van der Waals surface area contributed by atoms with Crippen LogP contribution in [0.2, 0.25) is 0 Å². The number of nitrogens with one attached hydrogen (secondary N) is 1. The van der Waals surface area contributed by atoms with Crippen molar-refractivity contribution in [1.29, 1.82) is 0 Å². The first-order chi connectivity index (χ1) is 37.8. The maximum absolute atomic E-state index is 14.2. The first kappa shape index (κ1) is 53.8. The number of carbonyl (C=O) groups is 2. The Morgan fingerprint density at radius 2 is 1.04 bits per heavy atom. The van der Waals surface area contributed by atoms with Crippen molar-refractivity contribution in [2.24, 2.45) is 0 Å². The van der Waals surface area contributed by atoms with Crippen LogP contribution >= 0.6 is 0 Å². The molecule has 398 valence electrons. The van der Waals surface area contributed by atoms with Crippen LogP contribution in [0.4, 0.5) is 5.69 Å². The topological polar surface area (TPSA) is 67.9 Å². The highest BCUT2D eigenvalue weighted by Crippen LogP contribution is 2.60. The van der Waals surface area contributed by atoms with E-state index in [9.17, 15) is 9.59 Å². The molecule has 2 aliphatic rings. The van der Waals surface area contributed by atoms with Crippen LogP contribution in [0.1, 0.15) is 168 Å². The molecule has 0 saturated carbocycles. The Kier molecular flexibility index (Phi) is 15.5. The predicted molar refractivity (Wildman–Crippen MR) is 322 cm³/mol. The van der Waals surface area contributed by atoms with E-state index in [1.807, 2.05) is 26.0 Å². The van der Waals surface area contributed by atoms with E-state index in [0.717, 1.165) is 101 Å². The molecular formula is C72H76N2O4. The van der Waals surface area contributed by atoms with Crippen molar-refractivity contribution in [2.75, 3.05) is 37.7 Å². The zero-order chi connectivity index (χ0) is 54.9. The van der Waals surface area contributed by atoms with Gasteiger partial charge in [0.05, 0.1) is 24.0 Å². The van der Waals surface area contributed by atoms with Crippen molar-refractivity contribution in [1.82, 2.24) is 5.32 Å². The van der Waals surface area contributed by atoms with Crippen molar-refractivity contribution >= 4 is 17.4 Å². The third-order valence-electron chi connectivity index (χ3n) is 16.9. The largest absolute Gasteiger partial charge is 0.493 e. The van der Waals surface area contributed by atoms with E-state index in [1.54, 1.807) is 6.92 Å². The number of fused-ring (bicyclic) bond motifs is 6. The van der Waals surface area contributed by atoms with Gasteiger partial charge < -0.3 is 19.7 Å². The van der Waals surface area contributed by atoms with Crippen molar-refractivity contribution in [3.05, 3.63) is 236 Å². The second kappa shape index (κ2) is 22.4. The van der Waals surface area contributed by atoms with Crippen molar-refractivity contribution in [3.63, 3.8) is 0 Å². The van der Waals surface area contributed by atoms with Gasteiger partial charge in [0, 0.05) is 30.4 Å². The Bertz CT molecular complexity index is 3530.